The highest BCUT2D eigenvalue weighted by Crippen LogP contribution is 2.32. The van der Waals surface area contributed by atoms with Gasteiger partial charge in [-0.3, -0.25) is 9.59 Å². The van der Waals surface area contributed by atoms with E-state index in [-0.39, 0.29) is 29.8 Å². The van der Waals surface area contributed by atoms with E-state index in [0.29, 0.717) is 29.3 Å². The topological polar surface area (TPSA) is 93.9 Å². The molecule has 0 bridgehead atoms. The van der Waals surface area contributed by atoms with Crippen LogP contribution in [0.25, 0.3) is 0 Å². The molecule has 194 valence electrons. The Labute approximate surface area is 214 Å². The minimum absolute atomic E-state index is 0.0141. The van der Waals surface area contributed by atoms with Crippen molar-refractivity contribution in [2.75, 3.05) is 19.5 Å². The molecule has 2 fully saturated rings. The molecule has 3 N–H and O–H groups in total. The SMILES string of the molecule is COc1ccc(C(=O)Nc2ccccc2CN(C(=O)C2CCCCC2)C2CCCCC2N)cc1OC. The average Bonchev–Trinajstić information content (AvgIpc) is 2.92. The van der Waals surface area contributed by atoms with Gasteiger partial charge in [0.15, 0.2) is 11.5 Å². The molecule has 4 rings (SSSR count). The Morgan fingerprint density at radius 1 is 0.917 bits per heavy atom. The van der Waals surface area contributed by atoms with Gasteiger partial charge in [0.05, 0.1) is 14.2 Å². The summed E-state index contributed by atoms with van der Waals surface area (Å²) in [6, 6.07) is 12.8. The number of carbonyl (C=O) groups excluding carboxylic acids is 2. The molecule has 2 aromatic carbocycles. The van der Waals surface area contributed by atoms with Crippen LogP contribution < -0.4 is 20.5 Å². The molecular formula is C29H39N3O4. The zero-order valence-corrected chi connectivity index (χ0v) is 21.5. The first-order valence-corrected chi connectivity index (χ1v) is 13.2. The van der Waals surface area contributed by atoms with Crippen LogP contribution in [0.3, 0.4) is 0 Å². The summed E-state index contributed by atoms with van der Waals surface area (Å²) in [5, 5.41) is 3.05. The number of rotatable bonds is 8. The predicted molar refractivity (Wildman–Crippen MR) is 141 cm³/mol. The standard InChI is InChI=1S/C29H39N3O4/c1-35-26-17-16-21(18-27(26)36-2)28(33)31-24-14-8-6-12-22(24)19-32(25-15-9-7-13-23(25)30)29(34)20-10-4-3-5-11-20/h6,8,12,14,16-18,20,23,25H,3-5,7,9-11,13,15,19,30H2,1-2H3,(H,31,33). The maximum atomic E-state index is 13.8. The van der Waals surface area contributed by atoms with Gasteiger partial charge in [0.2, 0.25) is 5.91 Å². The molecule has 7 nitrogen and oxygen atoms in total. The van der Waals surface area contributed by atoms with Crippen LogP contribution in [0.15, 0.2) is 42.5 Å². The summed E-state index contributed by atoms with van der Waals surface area (Å²) in [5.41, 5.74) is 8.63. The zero-order valence-electron chi connectivity index (χ0n) is 21.5. The Balaban J connectivity index is 1.57. The second-order valence-electron chi connectivity index (χ2n) is 10.00. The molecule has 36 heavy (non-hydrogen) atoms. The fourth-order valence-electron chi connectivity index (χ4n) is 5.61. The monoisotopic (exact) mass is 493 g/mol. The van der Waals surface area contributed by atoms with E-state index in [2.05, 4.69) is 5.32 Å². The fourth-order valence-corrected chi connectivity index (χ4v) is 5.61. The Morgan fingerprint density at radius 3 is 2.33 bits per heavy atom. The van der Waals surface area contributed by atoms with Crippen molar-refractivity contribution in [3.63, 3.8) is 0 Å². The number of nitrogens with one attached hydrogen (secondary N) is 1. The van der Waals surface area contributed by atoms with E-state index >= 15 is 0 Å². The number of hydrogen-bond donors (Lipinski definition) is 2. The smallest absolute Gasteiger partial charge is 0.255 e. The van der Waals surface area contributed by atoms with Crippen LogP contribution in [0.4, 0.5) is 5.69 Å². The lowest BCUT2D eigenvalue weighted by molar-refractivity contribution is -0.140. The van der Waals surface area contributed by atoms with Crippen LogP contribution in [0.2, 0.25) is 0 Å². The summed E-state index contributed by atoms with van der Waals surface area (Å²) in [6.45, 7) is 0.441. The maximum absolute atomic E-state index is 13.8. The van der Waals surface area contributed by atoms with Crippen molar-refractivity contribution in [3.8, 4) is 11.5 Å². The molecule has 2 aliphatic carbocycles. The molecule has 0 spiro atoms. The summed E-state index contributed by atoms with van der Waals surface area (Å²) >= 11 is 0. The molecule has 2 atom stereocenters. The Hall–Kier alpha value is -3.06. The average molecular weight is 494 g/mol. The van der Waals surface area contributed by atoms with Gasteiger partial charge in [0, 0.05) is 35.8 Å². The number of nitrogens with two attached hydrogens (primary N) is 1. The van der Waals surface area contributed by atoms with Crippen LogP contribution in [0, 0.1) is 5.92 Å². The lowest BCUT2D eigenvalue weighted by Gasteiger charge is -2.41. The number of carbonyl (C=O) groups is 2. The number of ether oxygens (including phenoxy) is 2. The van der Waals surface area contributed by atoms with E-state index in [4.69, 9.17) is 15.2 Å². The molecule has 2 aliphatic rings. The van der Waals surface area contributed by atoms with Crippen LogP contribution in [0.1, 0.15) is 73.7 Å². The highest BCUT2D eigenvalue weighted by Gasteiger charge is 2.35. The summed E-state index contributed by atoms with van der Waals surface area (Å²) < 4.78 is 10.6. The fraction of sp³-hybridized carbons (Fsp3) is 0.517. The van der Waals surface area contributed by atoms with Crippen molar-refractivity contribution >= 4 is 17.5 Å². The Kier molecular flexibility index (Phi) is 8.86. The number of methoxy groups -OCH3 is 2. The maximum Gasteiger partial charge on any atom is 0.255 e. The first-order valence-electron chi connectivity index (χ1n) is 13.2. The van der Waals surface area contributed by atoms with E-state index in [9.17, 15) is 9.59 Å². The summed E-state index contributed by atoms with van der Waals surface area (Å²) in [5.74, 6) is 1.10. The lowest BCUT2D eigenvalue weighted by Crippen LogP contribution is -2.53. The van der Waals surface area contributed by atoms with Crippen molar-refractivity contribution in [1.82, 2.24) is 4.90 Å². The highest BCUT2D eigenvalue weighted by molar-refractivity contribution is 6.05. The van der Waals surface area contributed by atoms with E-state index in [1.54, 1.807) is 32.4 Å². The molecule has 0 aromatic heterocycles. The van der Waals surface area contributed by atoms with Crippen molar-refractivity contribution in [1.29, 1.82) is 0 Å². The molecule has 2 unspecified atom stereocenters. The van der Waals surface area contributed by atoms with E-state index in [1.165, 1.54) is 6.42 Å². The van der Waals surface area contributed by atoms with Gasteiger partial charge in [0.25, 0.3) is 5.91 Å². The number of nitrogens with zero attached hydrogens (tertiary/aromatic N) is 1. The highest BCUT2D eigenvalue weighted by atomic mass is 16.5. The van der Waals surface area contributed by atoms with Crippen LogP contribution in [-0.2, 0) is 11.3 Å². The first-order chi connectivity index (χ1) is 17.5. The number of amides is 2. The number of anilines is 1. The van der Waals surface area contributed by atoms with Crippen molar-refractivity contribution in [3.05, 3.63) is 53.6 Å². The molecule has 2 aromatic rings. The minimum atomic E-state index is -0.247. The van der Waals surface area contributed by atoms with E-state index in [0.717, 1.165) is 56.9 Å². The van der Waals surface area contributed by atoms with Gasteiger partial charge >= 0.3 is 0 Å². The van der Waals surface area contributed by atoms with Crippen molar-refractivity contribution in [2.24, 2.45) is 11.7 Å². The number of para-hydroxylation sites is 1. The van der Waals surface area contributed by atoms with Gasteiger partial charge in [-0.2, -0.15) is 0 Å². The Morgan fingerprint density at radius 2 is 1.61 bits per heavy atom. The third-order valence-electron chi connectivity index (χ3n) is 7.67. The van der Waals surface area contributed by atoms with Crippen LogP contribution in [0.5, 0.6) is 11.5 Å². The first kappa shape index (κ1) is 26.0. The lowest BCUT2D eigenvalue weighted by atomic mass is 9.85. The zero-order chi connectivity index (χ0) is 25.5. The normalized spacial score (nSPS) is 20.4. The Bertz CT molecular complexity index is 1050. The number of benzene rings is 2. The van der Waals surface area contributed by atoms with Gasteiger partial charge in [-0.15, -0.1) is 0 Å². The minimum Gasteiger partial charge on any atom is -0.493 e. The second-order valence-corrected chi connectivity index (χ2v) is 10.00. The molecule has 0 heterocycles. The molecular weight excluding hydrogens is 454 g/mol. The van der Waals surface area contributed by atoms with Gasteiger partial charge in [-0.25, -0.2) is 0 Å². The summed E-state index contributed by atoms with van der Waals surface area (Å²) in [7, 11) is 3.11. The van der Waals surface area contributed by atoms with Gasteiger partial charge < -0.3 is 25.4 Å². The largest absolute Gasteiger partial charge is 0.493 e. The quantitative estimate of drug-likeness (QED) is 0.531. The van der Waals surface area contributed by atoms with Crippen LogP contribution in [-0.4, -0.2) is 43.0 Å². The van der Waals surface area contributed by atoms with E-state index in [1.807, 2.05) is 29.2 Å². The third kappa shape index (κ3) is 6.01. The van der Waals surface area contributed by atoms with Crippen molar-refractivity contribution in [2.45, 2.75) is 76.4 Å². The third-order valence-corrected chi connectivity index (χ3v) is 7.67. The summed E-state index contributed by atoms with van der Waals surface area (Å²) in [6.07, 6.45) is 9.40. The molecule has 0 aliphatic heterocycles. The summed E-state index contributed by atoms with van der Waals surface area (Å²) in [4.78, 5) is 29.0. The number of hydrogen-bond acceptors (Lipinski definition) is 5. The van der Waals surface area contributed by atoms with E-state index < -0.39 is 0 Å². The molecule has 7 heteroatoms. The molecule has 2 saturated carbocycles. The molecule has 0 radical (unpaired) electrons. The molecule has 0 saturated heterocycles. The van der Waals surface area contributed by atoms with Crippen molar-refractivity contribution < 1.29 is 19.1 Å². The van der Waals surface area contributed by atoms with Gasteiger partial charge in [0.1, 0.15) is 0 Å². The predicted octanol–water partition coefficient (Wildman–Crippen LogP) is 5.13. The van der Waals surface area contributed by atoms with Gasteiger partial charge in [-0.1, -0.05) is 50.3 Å². The molecule has 2 amide bonds. The van der Waals surface area contributed by atoms with Gasteiger partial charge in [-0.05, 0) is 55.5 Å². The second kappa shape index (κ2) is 12.3. The van der Waals surface area contributed by atoms with Crippen LogP contribution >= 0.6 is 0 Å².